The van der Waals surface area contributed by atoms with Gasteiger partial charge in [-0.15, -0.1) is 0 Å². The molecule has 44 heavy (non-hydrogen) atoms. The summed E-state index contributed by atoms with van der Waals surface area (Å²) in [5, 5.41) is 18.7. The van der Waals surface area contributed by atoms with Crippen molar-refractivity contribution in [2.45, 2.75) is 82.2 Å². The van der Waals surface area contributed by atoms with Gasteiger partial charge in [-0.3, -0.25) is 24.1 Å². The Morgan fingerprint density at radius 1 is 1.00 bits per heavy atom. The molecule has 5 atom stereocenters. The minimum atomic E-state index is -1.29. The van der Waals surface area contributed by atoms with Crippen molar-refractivity contribution < 1.29 is 38.5 Å². The van der Waals surface area contributed by atoms with E-state index in [1.807, 2.05) is 4.90 Å². The highest BCUT2D eigenvalue weighted by atomic mass is 16.6. The molecule has 0 saturated carbocycles. The molecule has 2 saturated heterocycles. The van der Waals surface area contributed by atoms with Gasteiger partial charge in [0.2, 0.25) is 17.7 Å². The molecule has 3 aliphatic rings. The molecule has 2 aliphatic heterocycles. The number of allylic oxidation sites excluding steroid dienone is 1. The summed E-state index contributed by atoms with van der Waals surface area (Å²) in [7, 11) is 1.55. The van der Waals surface area contributed by atoms with Crippen LogP contribution < -0.4 is 20.7 Å². The maximum atomic E-state index is 13.9. The molecule has 2 fully saturated rings. The standard InChI is InChI=1S/C32H46N4O8/c1-21(37)28(35-27(38)19-36-13-15-43-16-14-36)31(41)34-26(18-23-9-11-24(42-3)12-10-23)30(40)33-25(29(39)32(2)20-44-32)17-22-7-5-4-6-8-22/h7,9-12,21,25-26,28,37H,4-6,8,13-20H2,1-3H3,(H,33,40)(H,34,41)(H,35,38)/t21-,25+,26+,28+,32+/m1/s1. The van der Waals surface area contributed by atoms with Crippen LogP contribution in [0.15, 0.2) is 35.9 Å². The van der Waals surface area contributed by atoms with E-state index in [-0.39, 0.29) is 18.7 Å². The van der Waals surface area contributed by atoms with E-state index >= 15 is 0 Å². The third-order valence-corrected chi connectivity index (χ3v) is 8.37. The maximum absolute atomic E-state index is 13.9. The average Bonchev–Trinajstić information content (AvgIpc) is 3.78. The highest BCUT2D eigenvalue weighted by molar-refractivity contribution is 5.98. The van der Waals surface area contributed by atoms with Crippen molar-refractivity contribution in [2.75, 3.05) is 46.6 Å². The fourth-order valence-corrected chi connectivity index (χ4v) is 5.51. The van der Waals surface area contributed by atoms with Crippen molar-refractivity contribution in [1.82, 2.24) is 20.9 Å². The quantitative estimate of drug-likeness (QED) is 0.164. The molecular formula is C32H46N4O8. The Hall–Kier alpha value is -3.32. The van der Waals surface area contributed by atoms with Gasteiger partial charge in [0.15, 0.2) is 5.78 Å². The third-order valence-electron chi connectivity index (χ3n) is 8.37. The zero-order valence-corrected chi connectivity index (χ0v) is 25.9. The molecule has 12 nitrogen and oxygen atoms in total. The van der Waals surface area contributed by atoms with E-state index in [0.717, 1.165) is 36.8 Å². The van der Waals surface area contributed by atoms with E-state index in [1.165, 1.54) is 6.92 Å². The number of Topliss-reactive ketones (excluding diaryl/α,β-unsaturated/α-hetero) is 1. The Morgan fingerprint density at radius 2 is 1.68 bits per heavy atom. The Bertz CT molecular complexity index is 1190. The second-order valence-electron chi connectivity index (χ2n) is 12.0. The van der Waals surface area contributed by atoms with Crippen LogP contribution in [0.25, 0.3) is 0 Å². The molecule has 0 spiro atoms. The molecule has 0 radical (unpaired) electrons. The smallest absolute Gasteiger partial charge is 0.245 e. The largest absolute Gasteiger partial charge is 0.497 e. The van der Waals surface area contributed by atoms with Crippen molar-refractivity contribution >= 4 is 23.5 Å². The molecule has 242 valence electrons. The van der Waals surface area contributed by atoms with Crippen LogP contribution in [-0.2, 0) is 35.1 Å². The molecule has 0 unspecified atom stereocenters. The summed E-state index contributed by atoms with van der Waals surface area (Å²) in [6.45, 7) is 5.67. The van der Waals surface area contributed by atoms with Crippen LogP contribution in [-0.4, -0.2) is 110 Å². The van der Waals surface area contributed by atoms with Gasteiger partial charge in [-0.2, -0.15) is 0 Å². The summed E-state index contributed by atoms with van der Waals surface area (Å²) < 4.78 is 16.0. The van der Waals surface area contributed by atoms with Crippen molar-refractivity contribution in [2.24, 2.45) is 0 Å². The molecule has 1 aromatic rings. The van der Waals surface area contributed by atoms with Crippen LogP contribution in [0.5, 0.6) is 5.75 Å². The number of hydrogen-bond donors (Lipinski definition) is 4. The second kappa shape index (κ2) is 15.6. The second-order valence-corrected chi connectivity index (χ2v) is 12.0. The van der Waals surface area contributed by atoms with Gasteiger partial charge in [0.1, 0.15) is 23.4 Å². The summed E-state index contributed by atoms with van der Waals surface area (Å²) >= 11 is 0. The van der Waals surface area contributed by atoms with E-state index in [4.69, 9.17) is 14.2 Å². The molecule has 4 N–H and O–H groups in total. The van der Waals surface area contributed by atoms with Crippen molar-refractivity contribution in [1.29, 1.82) is 0 Å². The fraction of sp³-hybridized carbons (Fsp3) is 0.625. The van der Waals surface area contributed by atoms with E-state index in [9.17, 15) is 24.3 Å². The van der Waals surface area contributed by atoms with Gasteiger partial charge in [0, 0.05) is 19.5 Å². The minimum Gasteiger partial charge on any atom is -0.497 e. The lowest BCUT2D eigenvalue weighted by Crippen LogP contribution is -2.60. The Kier molecular flexibility index (Phi) is 11.9. The Balaban J connectivity index is 1.50. The molecule has 12 heteroatoms. The molecule has 2 heterocycles. The van der Waals surface area contributed by atoms with E-state index < -0.39 is 47.6 Å². The lowest BCUT2D eigenvalue weighted by atomic mass is 9.89. The first-order valence-corrected chi connectivity index (χ1v) is 15.5. The average molecular weight is 615 g/mol. The van der Waals surface area contributed by atoms with Gasteiger partial charge in [-0.05, 0) is 63.6 Å². The topological polar surface area (TPSA) is 159 Å². The highest BCUT2D eigenvalue weighted by Gasteiger charge is 2.50. The Morgan fingerprint density at radius 3 is 2.27 bits per heavy atom. The molecule has 1 aliphatic carbocycles. The molecule has 4 rings (SSSR count). The van der Waals surface area contributed by atoms with Crippen LogP contribution in [0.4, 0.5) is 0 Å². The van der Waals surface area contributed by atoms with Crippen LogP contribution in [0.3, 0.4) is 0 Å². The zero-order chi connectivity index (χ0) is 31.7. The minimum absolute atomic E-state index is 0.0517. The maximum Gasteiger partial charge on any atom is 0.245 e. The number of amides is 3. The number of nitrogens with one attached hydrogen (secondary N) is 3. The predicted molar refractivity (Wildman–Crippen MR) is 162 cm³/mol. The zero-order valence-electron chi connectivity index (χ0n) is 25.9. The van der Waals surface area contributed by atoms with Crippen LogP contribution >= 0.6 is 0 Å². The van der Waals surface area contributed by atoms with Gasteiger partial charge in [0.25, 0.3) is 0 Å². The summed E-state index contributed by atoms with van der Waals surface area (Å²) in [4.78, 5) is 55.5. The molecule has 0 aromatic heterocycles. The van der Waals surface area contributed by atoms with E-state index in [2.05, 4.69) is 22.0 Å². The number of hydrogen-bond acceptors (Lipinski definition) is 9. The SMILES string of the molecule is COc1ccc(C[C@H](NC(=O)[C@@H](NC(=O)CN2CCOCC2)[C@@H](C)O)C(=O)N[C@@H](CC2=CCCCC2)C(=O)[C@]2(C)CO2)cc1. The third kappa shape index (κ3) is 9.59. The number of ketones is 1. The lowest BCUT2D eigenvalue weighted by molar-refractivity contribution is -0.136. The molecule has 1 aromatic carbocycles. The van der Waals surface area contributed by atoms with Gasteiger partial charge in [-0.1, -0.05) is 23.8 Å². The number of morpholine rings is 1. The first-order valence-electron chi connectivity index (χ1n) is 15.5. The van der Waals surface area contributed by atoms with E-state index in [1.54, 1.807) is 38.3 Å². The number of rotatable bonds is 15. The number of ether oxygens (including phenoxy) is 3. The van der Waals surface area contributed by atoms with Gasteiger partial charge >= 0.3 is 0 Å². The number of benzene rings is 1. The number of aliphatic hydroxyl groups is 1. The fourth-order valence-electron chi connectivity index (χ4n) is 5.51. The van der Waals surface area contributed by atoms with Gasteiger partial charge in [-0.25, -0.2) is 0 Å². The monoisotopic (exact) mass is 614 g/mol. The van der Waals surface area contributed by atoms with E-state index in [0.29, 0.717) is 45.1 Å². The number of methoxy groups -OCH3 is 1. The number of carbonyl (C=O) groups excluding carboxylic acids is 4. The van der Waals surface area contributed by atoms with Gasteiger partial charge in [0.05, 0.1) is 45.6 Å². The summed E-state index contributed by atoms with van der Waals surface area (Å²) in [5.74, 6) is -1.24. The summed E-state index contributed by atoms with van der Waals surface area (Å²) in [5.41, 5.74) is 0.919. The van der Waals surface area contributed by atoms with Crippen molar-refractivity contribution in [3.63, 3.8) is 0 Å². The van der Waals surface area contributed by atoms with Gasteiger partial charge < -0.3 is 35.3 Å². The first kappa shape index (κ1) is 33.6. The molecular weight excluding hydrogens is 568 g/mol. The number of carbonyl (C=O) groups is 4. The van der Waals surface area contributed by atoms with Crippen LogP contribution in [0.1, 0.15) is 51.5 Å². The van der Waals surface area contributed by atoms with Crippen molar-refractivity contribution in [3.05, 3.63) is 41.5 Å². The normalized spacial score (nSPS) is 22.9. The number of epoxide rings is 1. The van der Waals surface area contributed by atoms with Crippen molar-refractivity contribution in [3.8, 4) is 5.75 Å². The lowest BCUT2D eigenvalue weighted by Gasteiger charge is -2.29. The molecule has 3 amide bonds. The van der Waals surface area contributed by atoms with Crippen LogP contribution in [0, 0.1) is 0 Å². The summed E-state index contributed by atoms with van der Waals surface area (Å²) in [6.07, 6.45) is 5.31. The molecule has 0 bridgehead atoms. The highest BCUT2D eigenvalue weighted by Crippen LogP contribution is 2.31. The first-order chi connectivity index (χ1) is 21.1. The van der Waals surface area contributed by atoms with Crippen LogP contribution in [0.2, 0.25) is 0 Å². The number of nitrogens with zero attached hydrogens (tertiary/aromatic N) is 1. The predicted octanol–water partition coefficient (Wildman–Crippen LogP) is 0.654. The number of aliphatic hydroxyl groups excluding tert-OH is 1. The Labute approximate surface area is 258 Å². The summed E-state index contributed by atoms with van der Waals surface area (Å²) in [6, 6.07) is 3.87.